The molecule has 0 unspecified atom stereocenters. The van der Waals surface area contributed by atoms with Crippen molar-refractivity contribution in [2.75, 3.05) is 0 Å². The summed E-state index contributed by atoms with van der Waals surface area (Å²) in [5.41, 5.74) is 9.92. The number of unbranched alkanes of at least 4 members (excludes halogenated alkanes) is 1. The fraction of sp³-hybridized carbons (Fsp3) is 0.192. The summed E-state index contributed by atoms with van der Waals surface area (Å²) in [6.07, 6.45) is 5.36. The second-order valence-electron chi connectivity index (χ2n) is 7.45. The molecule has 0 atom stereocenters. The number of hydrogen-bond donors (Lipinski definition) is 1. The van der Waals surface area contributed by atoms with Crippen molar-refractivity contribution in [2.24, 2.45) is 0 Å². The second kappa shape index (κ2) is 10.9. The zero-order valence-electron chi connectivity index (χ0n) is 17.8. The molecular weight excluding hydrogens is 386 g/mol. The minimum absolute atomic E-state index is 0.401. The Kier molecular flexibility index (Phi) is 7.71. The second-order valence-corrected chi connectivity index (χ2v) is 7.45. The van der Waals surface area contributed by atoms with Gasteiger partial charge in [-0.05, 0) is 48.6 Å². The Morgan fingerprint density at radius 1 is 1.03 bits per heavy atom. The fourth-order valence-electron chi connectivity index (χ4n) is 3.31. The van der Waals surface area contributed by atoms with Gasteiger partial charge >= 0.3 is 0 Å². The van der Waals surface area contributed by atoms with Gasteiger partial charge in [-0.3, -0.25) is 14.8 Å². The average molecular weight is 414 g/mol. The molecule has 3 rings (SSSR count). The molecule has 31 heavy (non-hydrogen) atoms. The van der Waals surface area contributed by atoms with Gasteiger partial charge in [-0.2, -0.15) is 0 Å². The molecule has 0 aliphatic heterocycles. The van der Waals surface area contributed by atoms with E-state index in [-0.39, 0.29) is 0 Å². The highest BCUT2D eigenvalue weighted by molar-refractivity contribution is 5.67. The highest BCUT2D eigenvalue weighted by Crippen LogP contribution is 2.24. The van der Waals surface area contributed by atoms with Crippen LogP contribution < -0.4 is 5.43 Å². The molecule has 3 aromatic rings. The predicted molar refractivity (Wildman–Crippen MR) is 124 cm³/mol. The normalized spacial score (nSPS) is 10.4. The molecule has 1 N–H and O–H groups in total. The molecule has 2 aromatic carbocycles. The van der Waals surface area contributed by atoms with Gasteiger partial charge in [-0.15, -0.1) is 0 Å². The molecule has 1 amide bonds. The van der Waals surface area contributed by atoms with Crippen molar-refractivity contribution >= 4 is 12.7 Å². The van der Waals surface area contributed by atoms with Gasteiger partial charge in [0.25, 0.3) is 0 Å². The maximum Gasteiger partial charge on any atom is 0.228 e. The largest absolute Gasteiger partial charge is 0.303 e. The van der Waals surface area contributed by atoms with E-state index in [0.717, 1.165) is 46.2 Å². The monoisotopic (exact) mass is 413 g/mol. The number of pyridine rings is 1. The van der Waals surface area contributed by atoms with E-state index >= 15 is 0 Å². The Morgan fingerprint density at radius 2 is 1.81 bits per heavy atom. The highest BCUT2D eigenvalue weighted by atomic mass is 16.1. The molecule has 0 aliphatic rings. The van der Waals surface area contributed by atoms with E-state index in [9.17, 15) is 9.59 Å². The number of rotatable bonds is 11. The molecule has 158 valence electrons. The molecule has 5 nitrogen and oxygen atoms in total. The van der Waals surface area contributed by atoms with Crippen LogP contribution >= 0.6 is 0 Å². The topological polar surface area (TPSA) is 62.3 Å². The first-order valence-electron chi connectivity index (χ1n) is 10.3. The smallest absolute Gasteiger partial charge is 0.228 e. The molecule has 0 saturated carbocycles. The molecule has 0 saturated heterocycles. The zero-order valence-corrected chi connectivity index (χ0v) is 17.8. The number of carbonyl (C=O) groups is 2. The van der Waals surface area contributed by atoms with Crippen LogP contribution in [-0.2, 0) is 16.1 Å². The molecule has 0 aliphatic carbocycles. The molecule has 0 spiro atoms. The minimum Gasteiger partial charge on any atom is -0.303 e. The standard InChI is InChI=1S/C26H27N3O2/c1-20-11-12-23(26-14-13-24(17-27-26)22-9-4-3-5-10-22)16-25(20)18-29(19-31)28-21(2)8-6-7-15-30/h3-5,9-17,19,28H,2,6-8,18H2,1H3. The summed E-state index contributed by atoms with van der Waals surface area (Å²) in [7, 11) is 0. The third kappa shape index (κ3) is 6.12. The number of allylic oxidation sites excluding steroid dienone is 1. The molecule has 0 fully saturated rings. The quantitative estimate of drug-likeness (QED) is 0.271. The van der Waals surface area contributed by atoms with Crippen LogP contribution in [0.2, 0.25) is 0 Å². The molecule has 0 radical (unpaired) electrons. The fourth-order valence-corrected chi connectivity index (χ4v) is 3.31. The first kappa shape index (κ1) is 22.0. The number of aromatic nitrogens is 1. The summed E-state index contributed by atoms with van der Waals surface area (Å²) in [5.74, 6) is 0. The summed E-state index contributed by atoms with van der Waals surface area (Å²) >= 11 is 0. The third-order valence-electron chi connectivity index (χ3n) is 5.09. The molecule has 5 heteroatoms. The molecule has 1 aromatic heterocycles. The van der Waals surface area contributed by atoms with Gasteiger partial charge in [0.05, 0.1) is 12.2 Å². The number of aldehydes is 1. The van der Waals surface area contributed by atoms with Crippen LogP contribution in [0.25, 0.3) is 22.4 Å². The van der Waals surface area contributed by atoms with Crippen molar-refractivity contribution in [1.82, 2.24) is 15.4 Å². The Morgan fingerprint density at radius 3 is 2.48 bits per heavy atom. The lowest BCUT2D eigenvalue weighted by Crippen LogP contribution is -2.35. The first-order valence-corrected chi connectivity index (χ1v) is 10.3. The lowest BCUT2D eigenvalue weighted by Gasteiger charge is -2.22. The van der Waals surface area contributed by atoms with Crippen molar-refractivity contribution in [3.63, 3.8) is 0 Å². The predicted octanol–water partition coefficient (Wildman–Crippen LogP) is 5.07. The number of benzene rings is 2. The van der Waals surface area contributed by atoms with E-state index in [1.165, 1.54) is 5.01 Å². The van der Waals surface area contributed by atoms with Crippen LogP contribution in [0.5, 0.6) is 0 Å². The van der Waals surface area contributed by atoms with Crippen LogP contribution in [0.1, 0.15) is 30.4 Å². The molecule has 0 bridgehead atoms. The number of nitrogens with one attached hydrogen (secondary N) is 1. The van der Waals surface area contributed by atoms with Crippen molar-refractivity contribution < 1.29 is 9.59 Å². The van der Waals surface area contributed by atoms with Crippen molar-refractivity contribution in [2.45, 2.75) is 32.7 Å². The highest BCUT2D eigenvalue weighted by Gasteiger charge is 2.09. The van der Waals surface area contributed by atoms with Crippen molar-refractivity contribution in [3.8, 4) is 22.4 Å². The average Bonchev–Trinajstić information content (AvgIpc) is 2.81. The summed E-state index contributed by atoms with van der Waals surface area (Å²) in [6.45, 7) is 6.36. The third-order valence-corrected chi connectivity index (χ3v) is 5.09. The van der Waals surface area contributed by atoms with E-state index in [1.54, 1.807) is 0 Å². The summed E-state index contributed by atoms with van der Waals surface area (Å²) < 4.78 is 0. The molecule has 1 heterocycles. The van der Waals surface area contributed by atoms with Crippen LogP contribution in [0.4, 0.5) is 0 Å². The summed E-state index contributed by atoms with van der Waals surface area (Å²) in [4.78, 5) is 26.7. The van der Waals surface area contributed by atoms with E-state index in [4.69, 9.17) is 0 Å². The zero-order chi connectivity index (χ0) is 22.1. The number of aryl methyl sites for hydroxylation is 1. The van der Waals surface area contributed by atoms with Gasteiger partial charge in [0.15, 0.2) is 0 Å². The van der Waals surface area contributed by atoms with Crippen LogP contribution in [-0.4, -0.2) is 22.7 Å². The van der Waals surface area contributed by atoms with Crippen molar-refractivity contribution in [1.29, 1.82) is 0 Å². The van der Waals surface area contributed by atoms with Crippen LogP contribution in [0.15, 0.2) is 79.1 Å². The van der Waals surface area contributed by atoms with E-state index < -0.39 is 0 Å². The van der Waals surface area contributed by atoms with Gasteiger partial charge in [0, 0.05) is 29.4 Å². The minimum atomic E-state index is 0.401. The maximum absolute atomic E-state index is 11.6. The summed E-state index contributed by atoms with van der Waals surface area (Å²) in [6, 6.07) is 20.4. The van der Waals surface area contributed by atoms with Crippen molar-refractivity contribution in [3.05, 3.63) is 90.3 Å². The van der Waals surface area contributed by atoms with Gasteiger partial charge in [0.1, 0.15) is 6.29 Å². The first-order chi connectivity index (χ1) is 15.1. The Labute approximate surface area is 183 Å². The Bertz CT molecular complexity index is 1030. The number of carbonyl (C=O) groups excluding carboxylic acids is 2. The van der Waals surface area contributed by atoms with Gasteiger partial charge in [-0.25, -0.2) is 0 Å². The number of hydrogen-bond acceptors (Lipinski definition) is 4. The van der Waals surface area contributed by atoms with Crippen LogP contribution in [0.3, 0.4) is 0 Å². The maximum atomic E-state index is 11.6. The lowest BCUT2D eigenvalue weighted by molar-refractivity contribution is -0.121. The van der Waals surface area contributed by atoms with E-state index in [2.05, 4.69) is 41.3 Å². The molecular formula is C26H27N3O2. The SMILES string of the molecule is C=C(CCCC=O)NN(C=O)Cc1cc(-c2ccc(-c3ccccc3)cn2)ccc1C. The number of hydrazine groups is 1. The van der Waals surface area contributed by atoms with E-state index in [1.807, 2.05) is 49.5 Å². The lowest BCUT2D eigenvalue weighted by atomic mass is 10.0. The Balaban J connectivity index is 1.73. The van der Waals surface area contributed by atoms with Crippen LogP contribution in [0, 0.1) is 6.92 Å². The van der Waals surface area contributed by atoms with Gasteiger partial charge < -0.3 is 10.2 Å². The van der Waals surface area contributed by atoms with E-state index in [0.29, 0.717) is 31.5 Å². The van der Waals surface area contributed by atoms with Gasteiger partial charge in [-0.1, -0.05) is 55.1 Å². The summed E-state index contributed by atoms with van der Waals surface area (Å²) in [5, 5.41) is 1.47. The number of nitrogens with zero attached hydrogens (tertiary/aromatic N) is 2. The Hall–Kier alpha value is -3.73. The van der Waals surface area contributed by atoms with Gasteiger partial charge in [0.2, 0.25) is 6.41 Å². The number of amides is 1.